The molecule has 2 aliphatic heterocycles. The van der Waals surface area contributed by atoms with Crippen LogP contribution in [0.1, 0.15) is 96.1 Å². The molecule has 20 nitrogen and oxygen atoms in total. The first-order valence-corrected chi connectivity index (χ1v) is 30.8. The maximum absolute atomic E-state index is 13.9. The summed E-state index contributed by atoms with van der Waals surface area (Å²) in [4.78, 5) is 37.5. The van der Waals surface area contributed by atoms with Crippen molar-refractivity contribution in [2.75, 3.05) is 74.0 Å². The number of carbonyl (C=O) groups is 1. The maximum Gasteiger partial charge on any atom is 0.420 e. The van der Waals surface area contributed by atoms with Crippen LogP contribution in [0.5, 0.6) is 0 Å². The SMILES string of the molecule is BrCCCc1ccccc1.CC(C)(C)OC(=O)n1ccc2c(N3CCN(S(=O)(=O)NCCCC#N)C4(CC4)C3)ncnc21.N#CCCCN(CCCc1ccccc1)S(=O)(=O)N1CCN(c2ncnc3[nH]ccc23)CC12CC2. The highest BCUT2D eigenvalue weighted by Gasteiger charge is 2.58. The fourth-order valence-corrected chi connectivity index (χ4v) is 14.1. The van der Waals surface area contributed by atoms with Gasteiger partial charge in [0.1, 0.15) is 35.5 Å². The number of benzene rings is 2. The number of nitrogens with zero attached hydrogens (tertiary/aromatic N) is 12. The Morgan fingerprint density at radius 1 is 0.731 bits per heavy atom. The Bertz CT molecular complexity index is 3260. The van der Waals surface area contributed by atoms with Crippen molar-refractivity contribution in [3.8, 4) is 12.1 Å². The van der Waals surface area contributed by atoms with E-state index in [1.807, 2.05) is 36.5 Å². The van der Waals surface area contributed by atoms with Crippen molar-refractivity contribution in [2.24, 2.45) is 0 Å². The van der Waals surface area contributed by atoms with Crippen LogP contribution >= 0.6 is 15.9 Å². The zero-order chi connectivity index (χ0) is 55.4. The van der Waals surface area contributed by atoms with E-state index in [4.69, 9.17) is 15.3 Å². The Balaban J connectivity index is 0.000000175. The van der Waals surface area contributed by atoms with Crippen molar-refractivity contribution in [3.05, 3.63) is 109 Å². The number of nitrogens with one attached hydrogen (secondary N) is 2. The van der Waals surface area contributed by atoms with Crippen molar-refractivity contribution in [1.82, 2.24) is 47.1 Å². The second-order valence-electron chi connectivity index (χ2n) is 21.2. The van der Waals surface area contributed by atoms with Gasteiger partial charge in [-0.15, -0.1) is 0 Å². The third kappa shape index (κ3) is 14.4. The molecule has 4 aliphatic rings. The second-order valence-corrected chi connectivity index (χ2v) is 25.5. The van der Waals surface area contributed by atoms with E-state index in [2.05, 4.69) is 104 Å². The molecule has 0 amide bonds. The lowest BCUT2D eigenvalue weighted by molar-refractivity contribution is 0.0543. The van der Waals surface area contributed by atoms with Gasteiger partial charge < -0.3 is 19.5 Å². The van der Waals surface area contributed by atoms with Crippen molar-refractivity contribution in [2.45, 2.75) is 114 Å². The highest BCUT2D eigenvalue weighted by atomic mass is 79.9. The number of H-pyrrole nitrogens is 1. The number of hydrogen-bond acceptors (Lipinski definition) is 14. The van der Waals surface area contributed by atoms with E-state index in [-0.39, 0.29) is 6.54 Å². The number of halogens is 1. The number of fused-ring (bicyclic) bond motifs is 2. The van der Waals surface area contributed by atoms with Crippen LogP contribution in [0.25, 0.3) is 22.1 Å². The summed E-state index contributed by atoms with van der Waals surface area (Å²) in [6.07, 6.45) is 14.8. The highest BCUT2D eigenvalue weighted by molar-refractivity contribution is 9.09. The number of ether oxygens (including phenoxy) is 1. The molecule has 416 valence electrons. The molecule has 2 aliphatic carbocycles. The molecule has 2 aromatic carbocycles. The number of alkyl halides is 1. The lowest BCUT2D eigenvalue weighted by Gasteiger charge is -2.43. The van der Waals surface area contributed by atoms with Gasteiger partial charge in [0, 0.05) is 89.5 Å². The number of piperazine rings is 2. The van der Waals surface area contributed by atoms with E-state index in [0.29, 0.717) is 94.9 Å². The van der Waals surface area contributed by atoms with Crippen LogP contribution in [0.4, 0.5) is 16.4 Å². The maximum atomic E-state index is 13.9. The van der Waals surface area contributed by atoms with Crippen LogP contribution in [-0.2, 0) is 38.0 Å². The molecule has 78 heavy (non-hydrogen) atoms. The third-order valence-electron chi connectivity index (χ3n) is 14.3. The molecule has 0 unspecified atom stereocenters. The molecule has 2 saturated heterocycles. The van der Waals surface area contributed by atoms with Crippen LogP contribution in [0, 0.1) is 22.7 Å². The number of aromatic nitrogens is 6. The molecular weight excluding hydrogens is 1100 g/mol. The van der Waals surface area contributed by atoms with Crippen molar-refractivity contribution in [3.63, 3.8) is 0 Å². The van der Waals surface area contributed by atoms with Gasteiger partial charge >= 0.3 is 6.09 Å². The summed E-state index contributed by atoms with van der Waals surface area (Å²) in [6, 6.07) is 28.6. The van der Waals surface area contributed by atoms with Crippen LogP contribution in [-0.4, -0.2) is 146 Å². The first-order valence-electron chi connectivity index (χ1n) is 26.8. The highest BCUT2D eigenvalue weighted by Crippen LogP contribution is 2.48. The standard InChI is InChI=1S/C25H31N7O2S.C21H29N7O4S.C9H11Br/c26-13-4-5-15-31(16-6-9-21-7-2-1-3-8-21)35(33,34)32-18-17-30(19-25(32)11-12-25)24-22-10-14-27-23(22)28-20-29-24;1-20(2,3)32-19(29)27-11-6-16-17(23-15-24-18(16)27)26-12-13-28(21(14-26)7-8-21)33(30,31)25-10-5-4-9-22;10-8-4-7-9-5-2-1-3-6-9/h1-3,7-8,10,14,20H,4-6,9,11-12,15-19H2,(H,27,28,29);6,11,15,25H,4-5,7-8,10,12-14H2,1-3H3;1-3,5-6H,4,7-8H2. The number of rotatable bonds is 19. The molecule has 2 N–H and O–H groups in total. The van der Waals surface area contributed by atoms with Crippen molar-refractivity contribution < 1.29 is 26.4 Å². The van der Waals surface area contributed by atoms with Gasteiger partial charge in [-0.05, 0) is 108 Å². The summed E-state index contributed by atoms with van der Waals surface area (Å²) in [6.45, 7) is 9.41. The molecule has 0 atom stereocenters. The smallest absolute Gasteiger partial charge is 0.420 e. The first-order chi connectivity index (χ1) is 37.5. The predicted molar refractivity (Wildman–Crippen MR) is 305 cm³/mol. The van der Waals surface area contributed by atoms with Crippen molar-refractivity contribution in [1.29, 1.82) is 10.5 Å². The van der Waals surface area contributed by atoms with E-state index in [0.717, 1.165) is 60.7 Å². The third-order valence-corrected chi connectivity index (χ3v) is 18.7. The minimum atomic E-state index is -3.65. The topological polar surface area (TPSA) is 243 Å². The van der Waals surface area contributed by atoms with Crippen LogP contribution in [0.3, 0.4) is 0 Å². The second kappa shape index (κ2) is 25.8. The van der Waals surface area contributed by atoms with E-state index in [1.54, 1.807) is 52.3 Å². The van der Waals surface area contributed by atoms with Crippen molar-refractivity contribution >= 4 is 76.1 Å². The van der Waals surface area contributed by atoms with Gasteiger partial charge in [0.15, 0.2) is 5.65 Å². The molecule has 2 spiro atoms. The number of aryl methyl sites for hydroxylation is 2. The van der Waals surface area contributed by atoms with Gasteiger partial charge in [-0.1, -0.05) is 76.6 Å². The Kier molecular flexibility index (Phi) is 19.2. The average molecular weight is 1170 g/mol. The lowest BCUT2D eigenvalue weighted by atomic mass is 10.1. The van der Waals surface area contributed by atoms with Gasteiger partial charge in [-0.2, -0.15) is 40.3 Å². The number of nitriles is 2. The van der Waals surface area contributed by atoms with Crippen LogP contribution in [0.15, 0.2) is 97.8 Å². The zero-order valence-electron chi connectivity index (χ0n) is 44.8. The molecule has 0 bridgehead atoms. The molecule has 10 rings (SSSR count). The summed E-state index contributed by atoms with van der Waals surface area (Å²) >= 11 is 3.41. The van der Waals surface area contributed by atoms with Gasteiger partial charge in [0.2, 0.25) is 0 Å². The fourth-order valence-electron chi connectivity index (χ4n) is 10.2. The number of carbonyl (C=O) groups excluding carboxylic acids is 1. The molecular formula is C55H71BrN14O6S2. The fraction of sp³-hybridized carbons (Fsp3) is 0.509. The summed E-state index contributed by atoms with van der Waals surface area (Å²) in [5.74, 6) is 1.53. The number of anilines is 2. The van der Waals surface area contributed by atoms with Crippen LogP contribution < -0.4 is 14.5 Å². The molecule has 23 heteroatoms. The summed E-state index contributed by atoms with van der Waals surface area (Å²) < 4.78 is 68.0. The van der Waals surface area contributed by atoms with Gasteiger partial charge in [-0.3, -0.25) is 0 Å². The van der Waals surface area contributed by atoms with E-state index < -0.39 is 43.2 Å². The van der Waals surface area contributed by atoms with E-state index in [1.165, 1.54) is 34.9 Å². The largest absolute Gasteiger partial charge is 0.443 e. The number of unbranched alkanes of at least 4 members (excludes halogenated alkanes) is 2. The minimum Gasteiger partial charge on any atom is -0.443 e. The summed E-state index contributed by atoms with van der Waals surface area (Å²) in [5.41, 5.74) is 2.39. The Morgan fingerprint density at radius 3 is 1.90 bits per heavy atom. The first kappa shape index (κ1) is 58.1. The average Bonchev–Trinajstić information content (AvgIpc) is 4.38. The quantitative estimate of drug-likeness (QED) is 0.0575. The zero-order valence-corrected chi connectivity index (χ0v) is 48.0. The Morgan fingerprint density at radius 2 is 1.29 bits per heavy atom. The molecule has 6 aromatic rings. The molecule has 0 radical (unpaired) electrons. The molecule has 2 saturated carbocycles. The Labute approximate surface area is 467 Å². The van der Waals surface area contributed by atoms with Gasteiger partial charge in [0.25, 0.3) is 20.4 Å². The summed E-state index contributed by atoms with van der Waals surface area (Å²) in [7, 11) is -7.28. The minimum absolute atomic E-state index is 0.247. The van der Waals surface area contributed by atoms with E-state index >= 15 is 0 Å². The molecule has 4 aromatic heterocycles. The number of hydrogen-bond donors (Lipinski definition) is 2. The van der Waals surface area contributed by atoms with Crippen LogP contribution in [0.2, 0.25) is 0 Å². The predicted octanol–water partition coefficient (Wildman–Crippen LogP) is 8.12. The van der Waals surface area contributed by atoms with Gasteiger partial charge in [-0.25, -0.2) is 34.0 Å². The lowest BCUT2D eigenvalue weighted by Crippen LogP contribution is -2.60. The summed E-state index contributed by atoms with van der Waals surface area (Å²) in [5, 5.41) is 20.4. The molecule has 6 heterocycles. The number of aromatic amines is 1. The van der Waals surface area contributed by atoms with E-state index in [9.17, 15) is 21.6 Å². The Hall–Kier alpha value is -6.05. The van der Waals surface area contributed by atoms with Gasteiger partial charge in [0.05, 0.1) is 34.0 Å². The monoisotopic (exact) mass is 1170 g/mol. The molecule has 4 fully saturated rings. The normalized spacial score (nSPS) is 17.0.